The van der Waals surface area contributed by atoms with Gasteiger partial charge in [-0.2, -0.15) is 0 Å². The highest BCUT2D eigenvalue weighted by Gasteiger charge is 2.18. The monoisotopic (exact) mass is 351 g/mol. The van der Waals surface area contributed by atoms with E-state index in [9.17, 15) is 4.79 Å². The molecule has 0 saturated heterocycles. The zero-order valence-electron chi connectivity index (χ0n) is 14.0. The van der Waals surface area contributed by atoms with E-state index >= 15 is 0 Å². The highest BCUT2D eigenvalue weighted by molar-refractivity contribution is 7.12. The third-order valence-electron chi connectivity index (χ3n) is 4.69. The van der Waals surface area contributed by atoms with Crippen LogP contribution in [-0.4, -0.2) is 11.9 Å². The van der Waals surface area contributed by atoms with Crippen LogP contribution in [0.1, 0.15) is 40.9 Å². The van der Waals surface area contributed by atoms with Crippen LogP contribution >= 0.6 is 11.3 Å². The summed E-state index contributed by atoms with van der Waals surface area (Å²) in [6.07, 6.45) is 4.66. The van der Waals surface area contributed by atoms with Gasteiger partial charge >= 0.3 is 0 Å². The number of rotatable bonds is 5. The maximum absolute atomic E-state index is 12.3. The molecular weight excluding hydrogens is 330 g/mol. The molecule has 0 radical (unpaired) electrons. The minimum atomic E-state index is 0.0499. The summed E-state index contributed by atoms with van der Waals surface area (Å²) in [5.74, 6) is 0.899. The zero-order valence-corrected chi connectivity index (χ0v) is 14.9. The number of amides is 1. The average Bonchev–Trinajstić information content (AvgIpc) is 3.31. The Labute approximate surface area is 151 Å². The number of fused-ring (bicyclic) bond motifs is 1. The molecule has 1 heterocycles. The Hall–Kier alpha value is -2.33. The van der Waals surface area contributed by atoms with E-state index in [1.165, 1.54) is 35.0 Å². The zero-order chi connectivity index (χ0) is 17.1. The summed E-state index contributed by atoms with van der Waals surface area (Å²) in [7, 11) is 0. The largest absolute Gasteiger partial charge is 0.489 e. The lowest BCUT2D eigenvalue weighted by Crippen LogP contribution is -2.31. The number of carbonyl (C=O) groups excluding carboxylic acids is 1. The molecule has 1 aliphatic carbocycles. The summed E-state index contributed by atoms with van der Waals surface area (Å²) in [5.41, 5.74) is 1.04. The molecule has 3 nitrogen and oxygen atoms in total. The van der Waals surface area contributed by atoms with E-state index < -0.39 is 0 Å². The highest BCUT2D eigenvalue weighted by Crippen LogP contribution is 2.23. The van der Waals surface area contributed by atoms with E-state index in [2.05, 4.69) is 29.6 Å². The first-order chi connectivity index (χ1) is 12.3. The summed E-state index contributed by atoms with van der Waals surface area (Å²) >= 11 is 1.49. The summed E-state index contributed by atoms with van der Waals surface area (Å²) in [6.45, 7) is 0.478. The van der Waals surface area contributed by atoms with Crippen molar-refractivity contribution in [3.8, 4) is 5.75 Å². The molecule has 1 aromatic heterocycles. The van der Waals surface area contributed by atoms with Crippen molar-refractivity contribution in [2.75, 3.05) is 0 Å². The fourth-order valence-corrected chi connectivity index (χ4v) is 4.12. The van der Waals surface area contributed by atoms with Gasteiger partial charge < -0.3 is 10.1 Å². The van der Waals surface area contributed by atoms with Crippen LogP contribution in [0.4, 0.5) is 0 Å². The van der Waals surface area contributed by atoms with E-state index in [0.717, 1.165) is 29.0 Å². The van der Waals surface area contributed by atoms with Crippen LogP contribution in [0, 0.1) is 0 Å². The molecular formula is C21H21NO2S. The number of hydrogen-bond acceptors (Lipinski definition) is 3. The van der Waals surface area contributed by atoms with Crippen LogP contribution in [0.15, 0.2) is 53.9 Å². The van der Waals surface area contributed by atoms with Crippen LogP contribution in [0.2, 0.25) is 0 Å². The summed E-state index contributed by atoms with van der Waals surface area (Å²) in [5, 5.41) is 7.51. The maximum Gasteiger partial charge on any atom is 0.261 e. The van der Waals surface area contributed by atoms with Gasteiger partial charge in [0.2, 0.25) is 0 Å². The molecule has 0 aliphatic heterocycles. The summed E-state index contributed by atoms with van der Waals surface area (Å²) in [6, 6.07) is 16.6. The van der Waals surface area contributed by atoms with Crippen LogP contribution in [-0.2, 0) is 6.61 Å². The van der Waals surface area contributed by atoms with Gasteiger partial charge in [0.05, 0.1) is 4.88 Å². The van der Waals surface area contributed by atoms with Crippen molar-refractivity contribution in [2.45, 2.75) is 38.3 Å². The molecule has 2 aromatic carbocycles. The normalized spacial score (nSPS) is 14.7. The van der Waals surface area contributed by atoms with Crippen molar-refractivity contribution in [3.05, 3.63) is 64.4 Å². The number of thiophene rings is 1. The summed E-state index contributed by atoms with van der Waals surface area (Å²) < 4.78 is 5.90. The Bertz CT molecular complexity index is 880. The van der Waals surface area contributed by atoms with Crippen LogP contribution in [0.25, 0.3) is 10.8 Å². The molecule has 0 atom stereocenters. The smallest absolute Gasteiger partial charge is 0.261 e. The van der Waals surface area contributed by atoms with Crippen LogP contribution in [0.3, 0.4) is 0 Å². The molecule has 0 unspecified atom stereocenters. The third-order valence-corrected chi connectivity index (χ3v) is 5.67. The van der Waals surface area contributed by atoms with E-state index in [1.54, 1.807) is 0 Å². The molecule has 1 amide bonds. The second kappa shape index (κ2) is 7.28. The average molecular weight is 351 g/mol. The predicted molar refractivity (Wildman–Crippen MR) is 102 cm³/mol. The van der Waals surface area contributed by atoms with Gasteiger partial charge in [-0.1, -0.05) is 43.2 Å². The predicted octanol–water partition coefficient (Wildman–Crippen LogP) is 5.15. The van der Waals surface area contributed by atoms with Crippen molar-refractivity contribution < 1.29 is 9.53 Å². The Morgan fingerprint density at radius 3 is 2.72 bits per heavy atom. The number of hydrogen-bond donors (Lipinski definition) is 1. The molecule has 128 valence electrons. The number of benzene rings is 2. The second-order valence-corrected chi connectivity index (χ2v) is 7.48. The van der Waals surface area contributed by atoms with Gasteiger partial charge in [0.25, 0.3) is 5.91 Å². The fourth-order valence-electron chi connectivity index (χ4n) is 3.32. The SMILES string of the molecule is O=C(NC1CCCC1)c1cc(COc2ccc3ccccc3c2)cs1. The van der Waals surface area contributed by atoms with Gasteiger partial charge in [0, 0.05) is 11.6 Å². The molecule has 1 saturated carbocycles. The van der Waals surface area contributed by atoms with E-state index in [-0.39, 0.29) is 5.91 Å². The van der Waals surface area contributed by atoms with Gasteiger partial charge in [0.15, 0.2) is 0 Å². The van der Waals surface area contributed by atoms with Crippen molar-refractivity contribution in [2.24, 2.45) is 0 Å². The molecule has 4 heteroatoms. The first-order valence-electron chi connectivity index (χ1n) is 8.78. The summed E-state index contributed by atoms with van der Waals surface area (Å²) in [4.78, 5) is 13.1. The first kappa shape index (κ1) is 16.2. The van der Waals surface area contributed by atoms with Crippen molar-refractivity contribution in [3.63, 3.8) is 0 Å². The minimum Gasteiger partial charge on any atom is -0.489 e. The van der Waals surface area contributed by atoms with Gasteiger partial charge in [-0.3, -0.25) is 4.79 Å². The highest BCUT2D eigenvalue weighted by atomic mass is 32.1. The quantitative estimate of drug-likeness (QED) is 0.690. The molecule has 1 fully saturated rings. The Morgan fingerprint density at radius 2 is 1.88 bits per heavy atom. The molecule has 25 heavy (non-hydrogen) atoms. The molecule has 4 rings (SSSR count). The molecule has 0 spiro atoms. The number of ether oxygens (including phenoxy) is 1. The number of nitrogens with one attached hydrogen (secondary N) is 1. The van der Waals surface area contributed by atoms with Crippen molar-refractivity contribution >= 4 is 28.0 Å². The first-order valence-corrected chi connectivity index (χ1v) is 9.66. The van der Waals surface area contributed by atoms with Gasteiger partial charge in [-0.15, -0.1) is 11.3 Å². The van der Waals surface area contributed by atoms with E-state index in [1.807, 2.05) is 29.6 Å². The Morgan fingerprint density at radius 1 is 1.08 bits per heavy atom. The lowest BCUT2D eigenvalue weighted by atomic mass is 10.1. The lowest BCUT2D eigenvalue weighted by molar-refractivity contribution is 0.0942. The third kappa shape index (κ3) is 3.85. The lowest BCUT2D eigenvalue weighted by Gasteiger charge is -2.10. The standard InChI is InChI=1S/C21H21NO2S/c23-21(22-18-7-3-4-8-18)20-11-15(14-25-20)13-24-19-10-9-16-5-1-2-6-17(16)12-19/h1-2,5-6,9-12,14,18H,3-4,7-8,13H2,(H,22,23). The van der Waals surface area contributed by atoms with Crippen LogP contribution in [0.5, 0.6) is 5.75 Å². The van der Waals surface area contributed by atoms with Gasteiger partial charge in [0.1, 0.15) is 12.4 Å². The van der Waals surface area contributed by atoms with Crippen molar-refractivity contribution in [1.82, 2.24) is 5.32 Å². The second-order valence-electron chi connectivity index (χ2n) is 6.57. The number of carbonyl (C=O) groups is 1. The molecule has 0 bridgehead atoms. The Kier molecular flexibility index (Phi) is 4.70. The van der Waals surface area contributed by atoms with E-state index in [4.69, 9.17) is 4.74 Å². The molecule has 3 aromatic rings. The molecule has 1 N–H and O–H groups in total. The Balaban J connectivity index is 1.37. The van der Waals surface area contributed by atoms with E-state index in [0.29, 0.717) is 12.6 Å². The van der Waals surface area contributed by atoms with Crippen molar-refractivity contribution in [1.29, 1.82) is 0 Å². The topological polar surface area (TPSA) is 38.3 Å². The minimum absolute atomic E-state index is 0.0499. The van der Waals surface area contributed by atoms with Gasteiger partial charge in [-0.05, 0) is 47.2 Å². The molecule has 1 aliphatic rings. The van der Waals surface area contributed by atoms with Gasteiger partial charge in [-0.25, -0.2) is 0 Å². The fraction of sp³-hybridized carbons (Fsp3) is 0.286. The maximum atomic E-state index is 12.3. The van der Waals surface area contributed by atoms with Crippen LogP contribution < -0.4 is 10.1 Å².